The molecule has 0 heterocycles. The molecule has 0 bridgehead atoms. The van der Waals surface area contributed by atoms with Crippen molar-refractivity contribution in [1.29, 1.82) is 0 Å². The van der Waals surface area contributed by atoms with Crippen LogP contribution in [0.5, 0.6) is 0 Å². The minimum Gasteiger partial charge on any atom is -0.349 e. The highest BCUT2D eigenvalue weighted by molar-refractivity contribution is 8.00. The molecule has 2 nitrogen and oxygen atoms in total. The molecule has 132 valence electrons. The molecular weight excluding hydrogens is 326 g/mol. The maximum Gasteiger partial charge on any atom is 0.233 e. The summed E-state index contributed by atoms with van der Waals surface area (Å²) in [4.78, 5) is 13.7. The van der Waals surface area contributed by atoms with Crippen molar-refractivity contribution in [3.63, 3.8) is 0 Å². The molecule has 1 amide bonds. The highest BCUT2D eigenvalue weighted by Crippen LogP contribution is 2.26. The first kappa shape index (κ1) is 18.1. The van der Waals surface area contributed by atoms with Crippen LogP contribution in [0.1, 0.15) is 55.0 Å². The highest BCUT2D eigenvalue weighted by Gasteiger charge is 2.18. The topological polar surface area (TPSA) is 29.1 Å². The van der Waals surface area contributed by atoms with Crippen molar-refractivity contribution in [2.24, 2.45) is 0 Å². The lowest BCUT2D eigenvalue weighted by atomic mass is 9.89. The zero-order valence-corrected chi connectivity index (χ0v) is 16.2. The van der Waals surface area contributed by atoms with Gasteiger partial charge in [0.2, 0.25) is 5.91 Å². The zero-order chi connectivity index (χ0) is 17.8. The maximum atomic E-state index is 12.6. The summed E-state index contributed by atoms with van der Waals surface area (Å²) in [7, 11) is 0. The lowest BCUT2D eigenvalue weighted by molar-refractivity contribution is -0.120. The van der Waals surface area contributed by atoms with Gasteiger partial charge in [0.15, 0.2) is 0 Å². The second-order valence-electron chi connectivity index (χ2n) is 7.04. The number of aryl methyl sites for hydroxylation is 3. The minimum absolute atomic E-state index is 0.0424. The summed E-state index contributed by atoms with van der Waals surface area (Å²) in [6.45, 7) is 6.12. The van der Waals surface area contributed by atoms with E-state index < -0.39 is 0 Å². The van der Waals surface area contributed by atoms with Gasteiger partial charge in [-0.3, -0.25) is 4.79 Å². The number of hydrogen-bond donors (Lipinski definition) is 1. The summed E-state index contributed by atoms with van der Waals surface area (Å²) < 4.78 is 0. The predicted molar refractivity (Wildman–Crippen MR) is 106 cm³/mol. The van der Waals surface area contributed by atoms with Gasteiger partial charge in [0.25, 0.3) is 0 Å². The van der Waals surface area contributed by atoms with Crippen molar-refractivity contribution < 1.29 is 4.79 Å². The zero-order valence-electron chi connectivity index (χ0n) is 15.3. The monoisotopic (exact) mass is 353 g/mol. The molecule has 2 aromatic carbocycles. The molecule has 0 aromatic heterocycles. The molecule has 25 heavy (non-hydrogen) atoms. The first-order chi connectivity index (χ1) is 12.0. The Morgan fingerprint density at radius 2 is 1.68 bits per heavy atom. The summed E-state index contributed by atoms with van der Waals surface area (Å²) in [6.07, 6.45) is 4.94. The summed E-state index contributed by atoms with van der Waals surface area (Å²) in [5.74, 6) is 0.0933. The van der Waals surface area contributed by atoms with Crippen molar-refractivity contribution in [2.45, 2.75) is 62.6 Å². The van der Waals surface area contributed by atoms with Crippen LogP contribution in [0.25, 0.3) is 0 Å². The Morgan fingerprint density at radius 1 is 1.00 bits per heavy atom. The van der Waals surface area contributed by atoms with E-state index in [1.807, 2.05) is 6.92 Å². The molecule has 0 spiro atoms. The van der Waals surface area contributed by atoms with E-state index in [2.05, 4.69) is 61.6 Å². The van der Waals surface area contributed by atoms with Crippen LogP contribution in [0, 0.1) is 6.92 Å². The lowest BCUT2D eigenvalue weighted by Crippen LogP contribution is -2.33. The number of carbonyl (C=O) groups is 1. The van der Waals surface area contributed by atoms with Crippen LogP contribution in [0.15, 0.2) is 47.4 Å². The fourth-order valence-corrected chi connectivity index (χ4v) is 4.19. The van der Waals surface area contributed by atoms with E-state index in [9.17, 15) is 4.79 Å². The molecule has 0 radical (unpaired) electrons. The molecule has 0 aliphatic heterocycles. The molecule has 0 saturated carbocycles. The van der Waals surface area contributed by atoms with Crippen molar-refractivity contribution in [3.8, 4) is 0 Å². The lowest BCUT2D eigenvalue weighted by Gasteiger charge is -2.21. The first-order valence-corrected chi connectivity index (χ1v) is 10.1. The highest BCUT2D eigenvalue weighted by atomic mass is 32.2. The van der Waals surface area contributed by atoms with E-state index in [1.54, 1.807) is 11.8 Å². The number of carbonyl (C=O) groups excluding carboxylic acids is 1. The van der Waals surface area contributed by atoms with Crippen molar-refractivity contribution in [3.05, 3.63) is 64.7 Å². The summed E-state index contributed by atoms with van der Waals surface area (Å²) in [6, 6.07) is 15.1. The molecule has 2 aromatic rings. The van der Waals surface area contributed by atoms with Gasteiger partial charge in [0.1, 0.15) is 0 Å². The number of fused-ring (bicyclic) bond motifs is 1. The van der Waals surface area contributed by atoms with Gasteiger partial charge in [0, 0.05) is 4.90 Å². The fourth-order valence-electron chi connectivity index (χ4n) is 3.31. The Hall–Kier alpha value is -1.74. The minimum atomic E-state index is -0.109. The second kappa shape index (κ2) is 8.09. The van der Waals surface area contributed by atoms with Crippen LogP contribution in [0.3, 0.4) is 0 Å². The van der Waals surface area contributed by atoms with E-state index >= 15 is 0 Å². The molecule has 0 saturated heterocycles. The molecule has 3 heteroatoms. The summed E-state index contributed by atoms with van der Waals surface area (Å²) in [5.41, 5.74) is 5.40. The van der Waals surface area contributed by atoms with Crippen LogP contribution < -0.4 is 5.32 Å². The van der Waals surface area contributed by atoms with Gasteiger partial charge in [-0.15, -0.1) is 11.8 Å². The SMILES string of the molecule is Cc1ccc(SC(C)C(=O)NC(C)c2ccc3c(c2)CCCC3)cc1. The van der Waals surface area contributed by atoms with Gasteiger partial charge < -0.3 is 5.32 Å². The first-order valence-electron chi connectivity index (χ1n) is 9.18. The smallest absolute Gasteiger partial charge is 0.233 e. The summed E-state index contributed by atoms with van der Waals surface area (Å²) in [5, 5.41) is 3.07. The molecule has 2 unspecified atom stereocenters. The number of rotatable bonds is 5. The Morgan fingerprint density at radius 3 is 2.40 bits per heavy atom. The fraction of sp³-hybridized carbons (Fsp3) is 0.409. The number of amides is 1. The van der Waals surface area contributed by atoms with Crippen LogP contribution >= 0.6 is 11.8 Å². The quantitative estimate of drug-likeness (QED) is 0.746. The Kier molecular flexibility index (Phi) is 5.85. The van der Waals surface area contributed by atoms with Crippen LogP contribution in [0.4, 0.5) is 0 Å². The van der Waals surface area contributed by atoms with E-state index in [0.717, 1.165) is 4.90 Å². The molecular formula is C22H27NOS. The molecule has 1 N–H and O–H groups in total. The number of hydrogen-bond acceptors (Lipinski definition) is 2. The second-order valence-corrected chi connectivity index (χ2v) is 8.45. The van der Waals surface area contributed by atoms with Crippen molar-refractivity contribution >= 4 is 17.7 Å². The number of thioether (sulfide) groups is 1. The van der Waals surface area contributed by atoms with E-state index in [-0.39, 0.29) is 17.2 Å². The van der Waals surface area contributed by atoms with Gasteiger partial charge in [0.05, 0.1) is 11.3 Å². The van der Waals surface area contributed by atoms with E-state index in [0.29, 0.717) is 0 Å². The average Bonchev–Trinajstić information content (AvgIpc) is 2.63. The average molecular weight is 354 g/mol. The van der Waals surface area contributed by atoms with Gasteiger partial charge in [-0.2, -0.15) is 0 Å². The third-order valence-corrected chi connectivity index (χ3v) is 6.05. The maximum absolute atomic E-state index is 12.6. The molecule has 0 fully saturated rings. The summed E-state index contributed by atoms with van der Waals surface area (Å²) >= 11 is 1.61. The third-order valence-electron chi connectivity index (χ3n) is 4.93. The van der Waals surface area contributed by atoms with Crippen molar-refractivity contribution in [1.82, 2.24) is 5.32 Å². The molecule has 1 aliphatic rings. The van der Waals surface area contributed by atoms with E-state index in [1.165, 1.54) is 47.9 Å². The van der Waals surface area contributed by atoms with Gasteiger partial charge in [-0.25, -0.2) is 0 Å². The largest absolute Gasteiger partial charge is 0.349 e. The Labute approximate surface area is 155 Å². The van der Waals surface area contributed by atoms with E-state index in [4.69, 9.17) is 0 Å². The van der Waals surface area contributed by atoms with Crippen LogP contribution in [0.2, 0.25) is 0 Å². The van der Waals surface area contributed by atoms with Crippen LogP contribution in [-0.4, -0.2) is 11.2 Å². The molecule has 1 aliphatic carbocycles. The van der Waals surface area contributed by atoms with Gasteiger partial charge in [-0.05, 0) is 75.3 Å². The van der Waals surface area contributed by atoms with Crippen molar-refractivity contribution in [2.75, 3.05) is 0 Å². The van der Waals surface area contributed by atoms with Gasteiger partial charge >= 0.3 is 0 Å². The Balaban J connectivity index is 1.60. The molecule has 3 rings (SSSR count). The molecule has 2 atom stereocenters. The standard InChI is InChI=1S/C22H27NOS/c1-15-8-12-21(13-9-15)25-17(3)22(24)23-16(2)19-11-10-18-6-4-5-7-20(18)14-19/h8-14,16-17H,4-7H2,1-3H3,(H,23,24). The number of nitrogens with one attached hydrogen (secondary N) is 1. The number of benzene rings is 2. The van der Waals surface area contributed by atoms with Crippen LogP contribution in [-0.2, 0) is 17.6 Å². The Bertz CT molecular complexity index is 738. The predicted octanol–water partition coefficient (Wildman–Crippen LogP) is 5.23. The van der Waals surface area contributed by atoms with Gasteiger partial charge in [-0.1, -0.05) is 35.9 Å². The third kappa shape index (κ3) is 4.66. The normalized spacial score (nSPS) is 16.0.